The lowest BCUT2D eigenvalue weighted by molar-refractivity contribution is -0.140. The summed E-state index contributed by atoms with van der Waals surface area (Å²) in [5, 5.41) is 21.7. The van der Waals surface area contributed by atoms with Crippen LogP contribution in [0.25, 0.3) is 0 Å². The molecule has 2 fully saturated rings. The van der Waals surface area contributed by atoms with Gasteiger partial charge in [-0.05, 0) is 37.5 Å². The van der Waals surface area contributed by atoms with Crippen molar-refractivity contribution in [2.45, 2.75) is 63.4 Å². The number of aliphatic carboxylic acids is 1. The Labute approximate surface area is 113 Å². The number of carboxylic acid groups (broad SMARTS) is 1. The number of carbonyl (C=O) groups excluding carboxylic acids is 1. The molecule has 1 amide bonds. The van der Waals surface area contributed by atoms with Gasteiger partial charge in [0.2, 0.25) is 5.91 Å². The number of amides is 1. The van der Waals surface area contributed by atoms with Crippen molar-refractivity contribution in [2.75, 3.05) is 6.54 Å². The molecule has 108 valence electrons. The predicted octanol–water partition coefficient (Wildman–Crippen LogP) is 1.44. The van der Waals surface area contributed by atoms with Crippen molar-refractivity contribution in [3.8, 4) is 0 Å². The Kier molecular flexibility index (Phi) is 4.13. The first kappa shape index (κ1) is 14.3. The normalized spacial score (nSPS) is 23.6. The standard InChI is InChI=1S/C14H23NO4/c16-11(15-10-14(19)6-3-7-14)8-13(9-12(17)18)4-1-2-5-13/h19H,1-10H2,(H,15,16)(H,17,18). The van der Waals surface area contributed by atoms with E-state index in [2.05, 4.69) is 5.32 Å². The van der Waals surface area contributed by atoms with Crippen LogP contribution in [0, 0.1) is 5.41 Å². The van der Waals surface area contributed by atoms with Gasteiger partial charge >= 0.3 is 5.97 Å². The fourth-order valence-corrected chi connectivity index (χ4v) is 3.29. The van der Waals surface area contributed by atoms with Crippen molar-refractivity contribution in [1.29, 1.82) is 0 Å². The van der Waals surface area contributed by atoms with Crippen LogP contribution >= 0.6 is 0 Å². The van der Waals surface area contributed by atoms with Crippen molar-refractivity contribution in [3.05, 3.63) is 0 Å². The molecule has 0 aromatic heterocycles. The van der Waals surface area contributed by atoms with Crippen molar-refractivity contribution in [1.82, 2.24) is 5.32 Å². The van der Waals surface area contributed by atoms with Gasteiger partial charge in [-0.15, -0.1) is 0 Å². The molecule has 2 aliphatic carbocycles. The number of hydrogen-bond acceptors (Lipinski definition) is 3. The lowest BCUT2D eigenvalue weighted by Crippen LogP contribution is -2.48. The zero-order chi connectivity index (χ0) is 13.9. The highest BCUT2D eigenvalue weighted by Gasteiger charge is 2.39. The molecule has 5 heteroatoms. The maximum Gasteiger partial charge on any atom is 0.303 e. The van der Waals surface area contributed by atoms with E-state index < -0.39 is 11.6 Å². The number of carboxylic acids is 1. The fourth-order valence-electron chi connectivity index (χ4n) is 3.29. The molecule has 2 aliphatic rings. The van der Waals surface area contributed by atoms with Crippen LogP contribution in [0.1, 0.15) is 57.8 Å². The molecule has 0 heterocycles. The van der Waals surface area contributed by atoms with Crippen LogP contribution in [0.15, 0.2) is 0 Å². The van der Waals surface area contributed by atoms with Crippen LogP contribution < -0.4 is 5.32 Å². The Morgan fingerprint density at radius 2 is 1.63 bits per heavy atom. The number of nitrogens with one attached hydrogen (secondary N) is 1. The molecular formula is C14H23NO4. The molecule has 0 bridgehead atoms. The van der Waals surface area contributed by atoms with Gasteiger partial charge in [0.15, 0.2) is 0 Å². The van der Waals surface area contributed by atoms with Crippen LogP contribution in [-0.2, 0) is 9.59 Å². The minimum Gasteiger partial charge on any atom is -0.481 e. The van der Waals surface area contributed by atoms with Gasteiger partial charge in [0.1, 0.15) is 0 Å². The van der Waals surface area contributed by atoms with Crippen LogP contribution in [-0.4, -0.2) is 34.2 Å². The monoisotopic (exact) mass is 269 g/mol. The first-order valence-corrected chi connectivity index (χ1v) is 7.14. The largest absolute Gasteiger partial charge is 0.481 e. The molecule has 2 saturated carbocycles. The lowest BCUT2D eigenvalue weighted by atomic mass is 9.78. The van der Waals surface area contributed by atoms with E-state index >= 15 is 0 Å². The second-order valence-electron chi connectivity index (χ2n) is 6.31. The minimum absolute atomic E-state index is 0.0741. The van der Waals surface area contributed by atoms with E-state index in [0.29, 0.717) is 6.54 Å². The van der Waals surface area contributed by atoms with Crippen LogP contribution in [0.2, 0.25) is 0 Å². The van der Waals surface area contributed by atoms with E-state index in [4.69, 9.17) is 5.11 Å². The fraction of sp³-hybridized carbons (Fsp3) is 0.857. The molecule has 0 aliphatic heterocycles. The smallest absolute Gasteiger partial charge is 0.303 e. The summed E-state index contributed by atoms with van der Waals surface area (Å²) in [6, 6.07) is 0. The van der Waals surface area contributed by atoms with Crippen molar-refractivity contribution in [3.63, 3.8) is 0 Å². The summed E-state index contributed by atoms with van der Waals surface area (Å²) in [5.74, 6) is -0.948. The van der Waals surface area contributed by atoms with Crippen molar-refractivity contribution < 1.29 is 19.8 Å². The highest BCUT2D eigenvalue weighted by molar-refractivity contribution is 5.78. The Balaban J connectivity index is 1.83. The summed E-state index contributed by atoms with van der Waals surface area (Å²) in [7, 11) is 0. The average Bonchev–Trinajstić information content (AvgIpc) is 2.71. The summed E-state index contributed by atoms with van der Waals surface area (Å²) in [5.41, 5.74) is -1.08. The van der Waals surface area contributed by atoms with Gasteiger partial charge < -0.3 is 15.5 Å². The van der Waals surface area contributed by atoms with Gasteiger partial charge in [-0.1, -0.05) is 12.8 Å². The quantitative estimate of drug-likeness (QED) is 0.681. The number of rotatable bonds is 6. The zero-order valence-electron chi connectivity index (χ0n) is 11.3. The Morgan fingerprint density at radius 1 is 1.00 bits per heavy atom. The van der Waals surface area contributed by atoms with Crippen molar-refractivity contribution >= 4 is 11.9 Å². The predicted molar refractivity (Wildman–Crippen MR) is 69.6 cm³/mol. The molecular weight excluding hydrogens is 246 g/mol. The highest BCUT2D eigenvalue weighted by Crippen LogP contribution is 2.44. The molecule has 0 saturated heterocycles. The molecule has 0 atom stereocenters. The zero-order valence-corrected chi connectivity index (χ0v) is 11.3. The van der Waals surface area contributed by atoms with Crippen molar-refractivity contribution in [2.24, 2.45) is 5.41 Å². The van der Waals surface area contributed by atoms with E-state index in [1.54, 1.807) is 0 Å². The van der Waals surface area contributed by atoms with Gasteiger partial charge in [0.25, 0.3) is 0 Å². The molecule has 0 aromatic rings. The number of hydrogen-bond donors (Lipinski definition) is 3. The maximum atomic E-state index is 12.0. The average molecular weight is 269 g/mol. The highest BCUT2D eigenvalue weighted by atomic mass is 16.4. The summed E-state index contributed by atoms with van der Waals surface area (Å²) in [4.78, 5) is 22.9. The lowest BCUT2D eigenvalue weighted by Gasteiger charge is -2.37. The summed E-state index contributed by atoms with van der Waals surface area (Å²) < 4.78 is 0. The van der Waals surface area contributed by atoms with Crippen LogP contribution in [0.4, 0.5) is 0 Å². The third-order valence-corrected chi connectivity index (χ3v) is 4.62. The molecule has 0 spiro atoms. The van der Waals surface area contributed by atoms with E-state index in [9.17, 15) is 14.7 Å². The Morgan fingerprint density at radius 3 is 2.11 bits per heavy atom. The molecule has 5 nitrogen and oxygen atoms in total. The minimum atomic E-state index is -0.827. The first-order valence-electron chi connectivity index (χ1n) is 7.14. The van der Waals surface area contributed by atoms with Gasteiger partial charge in [0.05, 0.1) is 12.0 Å². The Hall–Kier alpha value is -1.10. The Bertz CT molecular complexity index is 356. The number of carbonyl (C=O) groups is 2. The van der Waals surface area contributed by atoms with E-state index in [0.717, 1.165) is 44.9 Å². The van der Waals surface area contributed by atoms with Gasteiger partial charge in [-0.3, -0.25) is 9.59 Å². The summed E-state index contributed by atoms with van der Waals surface area (Å²) in [6.07, 6.45) is 6.49. The molecule has 3 N–H and O–H groups in total. The topological polar surface area (TPSA) is 86.6 Å². The van der Waals surface area contributed by atoms with Crippen LogP contribution in [0.3, 0.4) is 0 Å². The van der Waals surface area contributed by atoms with E-state index in [1.807, 2.05) is 0 Å². The van der Waals surface area contributed by atoms with E-state index in [-0.39, 0.29) is 24.2 Å². The summed E-state index contributed by atoms with van der Waals surface area (Å²) in [6.45, 7) is 0.301. The van der Waals surface area contributed by atoms with Gasteiger partial charge in [-0.25, -0.2) is 0 Å². The third-order valence-electron chi connectivity index (χ3n) is 4.62. The van der Waals surface area contributed by atoms with Gasteiger partial charge in [-0.2, -0.15) is 0 Å². The second kappa shape index (κ2) is 5.49. The summed E-state index contributed by atoms with van der Waals surface area (Å²) >= 11 is 0. The maximum absolute atomic E-state index is 12.0. The molecule has 2 rings (SSSR count). The van der Waals surface area contributed by atoms with Gasteiger partial charge in [0, 0.05) is 13.0 Å². The first-order chi connectivity index (χ1) is 8.93. The number of aliphatic hydroxyl groups is 1. The van der Waals surface area contributed by atoms with E-state index in [1.165, 1.54) is 0 Å². The molecule has 0 radical (unpaired) electrons. The van der Waals surface area contributed by atoms with Crippen LogP contribution in [0.5, 0.6) is 0 Å². The third kappa shape index (κ3) is 3.69. The molecule has 19 heavy (non-hydrogen) atoms. The SMILES string of the molecule is O=C(O)CC1(CC(=O)NCC2(O)CCC2)CCCC1. The molecule has 0 aromatic carbocycles. The second-order valence-corrected chi connectivity index (χ2v) is 6.31. The molecule has 0 unspecified atom stereocenters.